The first-order valence-electron chi connectivity index (χ1n) is 9.63. The summed E-state index contributed by atoms with van der Waals surface area (Å²) in [5, 5.41) is 11.9. The summed E-state index contributed by atoms with van der Waals surface area (Å²) < 4.78 is 41.2. The molecule has 0 spiro atoms. The number of sulfonamides is 1. The molecule has 1 aliphatic carbocycles. The largest absolute Gasteiger partial charge is 0.296 e. The molecule has 1 heterocycles. The number of anilines is 2. The van der Waals surface area contributed by atoms with Gasteiger partial charge in [-0.2, -0.15) is 0 Å². The maximum absolute atomic E-state index is 13.4. The summed E-state index contributed by atoms with van der Waals surface area (Å²) in [7, 11) is -4.19. The van der Waals surface area contributed by atoms with E-state index in [0.717, 1.165) is 34.3 Å². The summed E-state index contributed by atoms with van der Waals surface area (Å²) in [6, 6.07) is 8.97. The van der Waals surface area contributed by atoms with E-state index in [9.17, 15) is 17.6 Å². The van der Waals surface area contributed by atoms with Gasteiger partial charge in [-0.05, 0) is 55.3 Å². The predicted molar refractivity (Wildman–Crippen MR) is 122 cm³/mol. The van der Waals surface area contributed by atoms with Crippen molar-refractivity contribution < 1.29 is 17.6 Å². The highest BCUT2D eigenvalue weighted by molar-refractivity contribution is 7.93. The fourth-order valence-corrected chi connectivity index (χ4v) is 5.82. The first kappa shape index (κ1) is 22.4. The van der Waals surface area contributed by atoms with E-state index in [0.29, 0.717) is 11.0 Å². The monoisotopic (exact) mass is 492 g/mol. The smallest absolute Gasteiger partial charge is 0.266 e. The average molecular weight is 493 g/mol. The van der Waals surface area contributed by atoms with Crippen molar-refractivity contribution in [3.8, 4) is 0 Å². The second-order valence-electron chi connectivity index (χ2n) is 7.12. The lowest BCUT2D eigenvalue weighted by atomic mass is 10.2. The minimum Gasteiger partial charge on any atom is -0.296 e. The topological polar surface area (TPSA) is 92.3 Å². The molecule has 0 radical (unpaired) electrons. The van der Waals surface area contributed by atoms with Gasteiger partial charge in [0.25, 0.3) is 15.9 Å². The third-order valence-electron chi connectivity index (χ3n) is 4.76. The Morgan fingerprint density at radius 3 is 2.62 bits per heavy atom. The SMILES string of the molecule is C=CCN(c1ccc(F)cc1)S(=O)(=O)c1cc(C(=O)Nc2nnc(C3CC3)s2)ccc1Cl. The van der Waals surface area contributed by atoms with E-state index < -0.39 is 21.7 Å². The number of hydrogen-bond donors (Lipinski definition) is 1. The molecule has 32 heavy (non-hydrogen) atoms. The molecule has 1 amide bonds. The number of aromatic nitrogens is 2. The van der Waals surface area contributed by atoms with Crippen LogP contribution in [-0.2, 0) is 10.0 Å². The molecule has 11 heteroatoms. The molecule has 0 aliphatic heterocycles. The Morgan fingerprint density at radius 1 is 1.25 bits per heavy atom. The van der Waals surface area contributed by atoms with Crippen molar-refractivity contribution in [3.63, 3.8) is 0 Å². The van der Waals surface area contributed by atoms with Gasteiger partial charge in [-0.25, -0.2) is 12.8 Å². The second-order valence-corrected chi connectivity index (χ2v) is 10.4. The maximum atomic E-state index is 13.4. The lowest BCUT2D eigenvalue weighted by molar-refractivity contribution is 0.102. The number of amides is 1. The van der Waals surface area contributed by atoms with E-state index in [2.05, 4.69) is 22.1 Å². The number of halogens is 2. The molecule has 2 aromatic carbocycles. The number of carbonyl (C=O) groups is 1. The van der Waals surface area contributed by atoms with Crippen LogP contribution in [0, 0.1) is 5.82 Å². The Balaban J connectivity index is 1.64. The molecular weight excluding hydrogens is 475 g/mol. The van der Waals surface area contributed by atoms with E-state index in [1.807, 2.05) is 0 Å². The van der Waals surface area contributed by atoms with E-state index in [1.54, 1.807) is 0 Å². The van der Waals surface area contributed by atoms with Gasteiger partial charge in [-0.15, -0.1) is 16.8 Å². The van der Waals surface area contributed by atoms with Gasteiger partial charge in [0.1, 0.15) is 15.7 Å². The van der Waals surface area contributed by atoms with Crippen LogP contribution in [0.3, 0.4) is 0 Å². The molecule has 0 unspecified atom stereocenters. The van der Waals surface area contributed by atoms with Crippen molar-refractivity contribution in [2.45, 2.75) is 23.7 Å². The molecule has 7 nitrogen and oxygen atoms in total. The van der Waals surface area contributed by atoms with Gasteiger partial charge in [-0.1, -0.05) is 29.0 Å². The van der Waals surface area contributed by atoms with Crippen LogP contribution in [0.1, 0.15) is 34.1 Å². The minimum absolute atomic E-state index is 0.0512. The van der Waals surface area contributed by atoms with Gasteiger partial charge in [-0.3, -0.25) is 14.4 Å². The van der Waals surface area contributed by atoms with E-state index >= 15 is 0 Å². The first-order valence-corrected chi connectivity index (χ1v) is 12.3. The lowest BCUT2D eigenvalue weighted by Gasteiger charge is -2.24. The fourth-order valence-electron chi connectivity index (χ4n) is 2.98. The molecule has 1 saturated carbocycles. The van der Waals surface area contributed by atoms with Gasteiger partial charge < -0.3 is 0 Å². The standard InChI is InChI=1S/C21H18ClFN4O3S2/c1-2-11-27(16-8-6-15(23)7-9-16)32(29,30)18-12-14(5-10-17(18)22)19(28)24-21-26-25-20(31-21)13-3-4-13/h2,5-10,12-13H,1,3-4,11H2,(H,24,26,28). The van der Waals surface area contributed by atoms with Crippen molar-refractivity contribution in [2.24, 2.45) is 0 Å². The molecule has 1 aliphatic rings. The summed E-state index contributed by atoms with van der Waals surface area (Å²) in [5.41, 5.74) is 0.326. The summed E-state index contributed by atoms with van der Waals surface area (Å²) >= 11 is 7.50. The molecule has 3 aromatic rings. The molecular formula is C21H18ClFN4O3S2. The van der Waals surface area contributed by atoms with Crippen molar-refractivity contribution >= 4 is 49.7 Å². The highest BCUT2D eigenvalue weighted by atomic mass is 35.5. The third-order valence-corrected chi connectivity index (χ3v) is 8.04. The van der Waals surface area contributed by atoms with Crippen molar-refractivity contribution in [1.82, 2.24) is 10.2 Å². The summed E-state index contributed by atoms with van der Waals surface area (Å²) in [4.78, 5) is 12.5. The highest BCUT2D eigenvalue weighted by Gasteiger charge is 2.29. The van der Waals surface area contributed by atoms with Crippen molar-refractivity contribution in [1.29, 1.82) is 0 Å². The zero-order valence-electron chi connectivity index (χ0n) is 16.7. The average Bonchev–Trinajstić information content (AvgIpc) is 3.52. The van der Waals surface area contributed by atoms with Gasteiger partial charge in [0.05, 0.1) is 17.3 Å². The molecule has 0 atom stereocenters. The number of benzene rings is 2. The minimum atomic E-state index is -4.19. The molecule has 166 valence electrons. The van der Waals surface area contributed by atoms with Crippen LogP contribution in [0.5, 0.6) is 0 Å². The lowest BCUT2D eigenvalue weighted by Crippen LogP contribution is -2.31. The van der Waals surface area contributed by atoms with Crippen LogP contribution in [0.25, 0.3) is 0 Å². The van der Waals surface area contributed by atoms with Crippen molar-refractivity contribution in [3.05, 3.63) is 76.5 Å². The normalized spacial score (nSPS) is 13.6. The Kier molecular flexibility index (Phi) is 6.27. The molecule has 1 N–H and O–H groups in total. The third kappa shape index (κ3) is 4.67. The molecule has 0 saturated heterocycles. The van der Waals surface area contributed by atoms with Gasteiger partial charge in [0, 0.05) is 11.5 Å². The van der Waals surface area contributed by atoms with Gasteiger partial charge in [0.15, 0.2) is 0 Å². The van der Waals surface area contributed by atoms with Gasteiger partial charge in [0.2, 0.25) is 5.13 Å². The molecule has 0 bridgehead atoms. The maximum Gasteiger partial charge on any atom is 0.266 e. The Bertz CT molecular complexity index is 1270. The van der Waals surface area contributed by atoms with Crippen LogP contribution < -0.4 is 9.62 Å². The van der Waals surface area contributed by atoms with Crippen LogP contribution >= 0.6 is 22.9 Å². The summed E-state index contributed by atoms with van der Waals surface area (Å²) in [6.07, 6.45) is 3.53. The number of carbonyl (C=O) groups excluding carboxylic acids is 1. The van der Waals surface area contributed by atoms with Crippen LogP contribution in [0.4, 0.5) is 15.2 Å². The molecule has 4 rings (SSSR count). The summed E-state index contributed by atoms with van der Waals surface area (Å²) in [5.74, 6) is -0.621. The first-order chi connectivity index (χ1) is 15.3. The number of nitrogens with one attached hydrogen (secondary N) is 1. The van der Waals surface area contributed by atoms with E-state index in [1.165, 1.54) is 47.7 Å². The number of nitrogens with zero attached hydrogens (tertiary/aromatic N) is 3. The zero-order chi connectivity index (χ0) is 22.9. The van der Waals surface area contributed by atoms with Crippen molar-refractivity contribution in [2.75, 3.05) is 16.2 Å². The Morgan fingerprint density at radius 2 is 1.97 bits per heavy atom. The number of hydrogen-bond acceptors (Lipinski definition) is 6. The highest BCUT2D eigenvalue weighted by Crippen LogP contribution is 2.42. The van der Waals surface area contributed by atoms with Crippen LogP contribution in [0.15, 0.2) is 60.0 Å². The summed E-state index contributed by atoms with van der Waals surface area (Å²) in [6.45, 7) is 3.52. The molecule has 1 aromatic heterocycles. The second kappa shape index (κ2) is 8.97. The van der Waals surface area contributed by atoms with Gasteiger partial charge >= 0.3 is 0 Å². The van der Waals surface area contributed by atoms with E-state index in [-0.39, 0.29) is 27.7 Å². The zero-order valence-corrected chi connectivity index (χ0v) is 19.1. The Hall–Kier alpha value is -2.82. The predicted octanol–water partition coefficient (Wildman–Crippen LogP) is 4.84. The van der Waals surface area contributed by atoms with Crippen LogP contribution in [-0.4, -0.2) is 31.1 Å². The Labute approximate surface area is 193 Å². The fraction of sp³-hybridized carbons (Fsp3) is 0.190. The molecule has 1 fully saturated rings. The number of rotatable bonds is 8. The van der Waals surface area contributed by atoms with E-state index in [4.69, 9.17) is 11.6 Å². The quantitative estimate of drug-likeness (QED) is 0.454. The van der Waals surface area contributed by atoms with Crippen LogP contribution in [0.2, 0.25) is 5.02 Å².